The van der Waals surface area contributed by atoms with Gasteiger partial charge >= 0.3 is 0 Å². The fourth-order valence-corrected chi connectivity index (χ4v) is 3.60. The number of nitrogens with zero attached hydrogens (tertiary/aromatic N) is 3. The third-order valence-electron chi connectivity index (χ3n) is 5.37. The number of aromatic nitrogens is 2. The normalized spacial score (nSPS) is 15.3. The van der Waals surface area contributed by atoms with E-state index in [1.807, 2.05) is 41.3 Å². The Morgan fingerprint density at radius 3 is 2.66 bits per heavy atom. The van der Waals surface area contributed by atoms with Gasteiger partial charge < -0.3 is 15.4 Å². The van der Waals surface area contributed by atoms with E-state index in [-0.39, 0.29) is 24.0 Å². The highest BCUT2D eigenvalue weighted by molar-refractivity contribution is 14.0. The molecule has 2 N–H and O–H groups in total. The summed E-state index contributed by atoms with van der Waals surface area (Å²) in [4.78, 5) is 4.74. The maximum absolute atomic E-state index is 5.95. The van der Waals surface area contributed by atoms with Crippen LogP contribution in [0.15, 0.2) is 41.7 Å². The summed E-state index contributed by atoms with van der Waals surface area (Å²) >= 11 is 5.95. The van der Waals surface area contributed by atoms with E-state index in [1.54, 1.807) is 7.11 Å². The number of benzene rings is 1. The van der Waals surface area contributed by atoms with Gasteiger partial charge in [-0.15, -0.1) is 24.0 Å². The zero-order chi connectivity index (χ0) is 19.8. The Bertz CT molecular complexity index is 774. The molecule has 0 bridgehead atoms. The van der Waals surface area contributed by atoms with Crippen LogP contribution in [0.1, 0.15) is 38.2 Å². The third-order valence-corrected chi connectivity index (χ3v) is 5.62. The van der Waals surface area contributed by atoms with Crippen LogP contribution in [0, 0.1) is 5.41 Å². The SMILES string of the molecule is CCNC(=NCc1cnn(-c2ccc(Cl)cc2)c1)NCC1(CCOC)CCC1.I. The van der Waals surface area contributed by atoms with Gasteiger partial charge in [-0.3, -0.25) is 0 Å². The first-order chi connectivity index (χ1) is 13.6. The molecule has 1 fully saturated rings. The van der Waals surface area contributed by atoms with Crippen molar-refractivity contribution >= 4 is 41.5 Å². The highest BCUT2D eigenvalue weighted by Gasteiger charge is 2.36. The number of hydrogen-bond donors (Lipinski definition) is 2. The summed E-state index contributed by atoms with van der Waals surface area (Å²) in [6.45, 7) is 5.25. The van der Waals surface area contributed by atoms with Crippen molar-refractivity contribution in [2.45, 2.75) is 39.2 Å². The summed E-state index contributed by atoms with van der Waals surface area (Å²) in [6, 6.07) is 7.63. The van der Waals surface area contributed by atoms with Crippen LogP contribution in [0.4, 0.5) is 0 Å². The van der Waals surface area contributed by atoms with Gasteiger partial charge in [-0.1, -0.05) is 18.0 Å². The molecule has 2 aromatic rings. The fraction of sp³-hybridized carbons (Fsp3) is 0.524. The van der Waals surface area contributed by atoms with E-state index in [0.29, 0.717) is 12.0 Å². The van der Waals surface area contributed by atoms with Crippen LogP contribution >= 0.6 is 35.6 Å². The highest BCUT2D eigenvalue weighted by atomic mass is 127. The zero-order valence-corrected chi connectivity index (χ0v) is 20.2. The van der Waals surface area contributed by atoms with Crippen LogP contribution in [0.5, 0.6) is 0 Å². The Hall–Kier alpha value is -1.32. The minimum absolute atomic E-state index is 0. The van der Waals surface area contributed by atoms with Gasteiger partial charge in [0.2, 0.25) is 0 Å². The quantitative estimate of drug-likeness (QED) is 0.286. The molecule has 3 rings (SSSR count). The first kappa shape index (κ1) is 24.0. The van der Waals surface area contributed by atoms with Crippen molar-refractivity contribution in [1.82, 2.24) is 20.4 Å². The number of hydrogen-bond acceptors (Lipinski definition) is 3. The van der Waals surface area contributed by atoms with Crippen molar-refractivity contribution in [3.8, 4) is 5.69 Å². The zero-order valence-electron chi connectivity index (χ0n) is 17.2. The van der Waals surface area contributed by atoms with Crippen LogP contribution in [0.3, 0.4) is 0 Å². The molecule has 1 aromatic heterocycles. The molecule has 0 aliphatic heterocycles. The molecule has 8 heteroatoms. The van der Waals surface area contributed by atoms with Gasteiger partial charge in [-0.2, -0.15) is 5.10 Å². The predicted molar refractivity (Wildman–Crippen MR) is 130 cm³/mol. The van der Waals surface area contributed by atoms with Crippen LogP contribution < -0.4 is 10.6 Å². The molecule has 0 atom stereocenters. The van der Waals surface area contributed by atoms with Gasteiger partial charge in [-0.25, -0.2) is 9.67 Å². The summed E-state index contributed by atoms with van der Waals surface area (Å²) in [5, 5.41) is 12.0. The molecule has 1 aromatic carbocycles. The van der Waals surface area contributed by atoms with Gasteiger partial charge in [0.25, 0.3) is 0 Å². The molecule has 1 saturated carbocycles. The summed E-state index contributed by atoms with van der Waals surface area (Å²) in [5.74, 6) is 0.852. The number of rotatable bonds is 9. The second-order valence-corrected chi connectivity index (χ2v) is 7.85. The van der Waals surface area contributed by atoms with E-state index in [9.17, 15) is 0 Å². The van der Waals surface area contributed by atoms with Crippen molar-refractivity contribution in [1.29, 1.82) is 0 Å². The van der Waals surface area contributed by atoms with Crippen molar-refractivity contribution in [2.24, 2.45) is 10.4 Å². The molecule has 160 valence electrons. The number of ether oxygens (including phenoxy) is 1. The number of halogens is 2. The van der Waals surface area contributed by atoms with Crippen molar-refractivity contribution in [3.63, 3.8) is 0 Å². The van der Waals surface area contributed by atoms with Crippen molar-refractivity contribution in [3.05, 3.63) is 47.2 Å². The van der Waals surface area contributed by atoms with Gasteiger partial charge in [0, 0.05) is 43.6 Å². The Morgan fingerprint density at radius 1 is 1.28 bits per heavy atom. The van der Waals surface area contributed by atoms with Crippen LogP contribution in [-0.2, 0) is 11.3 Å². The summed E-state index contributed by atoms with van der Waals surface area (Å²) in [5.41, 5.74) is 2.39. The van der Waals surface area contributed by atoms with E-state index in [2.05, 4.69) is 22.7 Å². The van der Waals surface area contributed by atoms with Crippen LogP contribution in [-0.4, -0.2) is 42.5 Å². The first-order valence-corrected chi connectivity index (χ1v) is 10.3. The maximum Gasteiger partial charge on any atom is 0.191 e. The van der Waals surface area contributed by atoms with Crippen LogP contribution in [0.25, 0.3) is 5.69 Å². The van der Waals surface area contributed by atoms with Gasteiger partial charge in [0.1, 0.15) is 0 Å². The lowest BCUT2D eigenvalue weighted by molar-refractivity contribution is 0.0732. The van der Waals surface area contributed by atoms with Crippen LogP contribution in [0.2, 0.25) is 5.02 Å². The molecule has 6 nitrogen and oxygen atoms in total. The molecule has 0 spiro atoms. The fourth-order valence-electron chi connectivity index (χ4n) is 3.47. The Morgan fingerprint density at radius 2 is 2.03 bits per heavy atom. The lowest BCUT2D eigenvalue weighted by Gasteiger charge is -2.42. The maximum atomic E-state index is 5.95. The van der Waals surface area contributed by atoms with E-state index in [4.69, 9.17) is 21.3 Å². The summed E-state index contributed by atoms with van der Waals surface area (Å²) in [6.07, 6.45) is 8.79. The molecule has 0 unspecified atom stereocenters. The van der Waals surface area contributed by atoms with Gasteiger partial charge in [-0.05, 0) is 55.9 Å². The average Bonchev–Trinajstić information content (AvgIpc) is 3.14. The smallest absolute Gasteiger partial charge is 0.191 e. The Balaban J connectivity index is 0.00000300. The number of methoxy groups -OCH3 is 1. The first-order valence-electron chi connectivity index (χ1n) is 9.95. The molecular weight excluding hydrogens is 501 g/mol. The lowest BCUT2D eigenvalue weighted by Crippen LogP contribution is -2.46. The molecular formula is C21H31ClIN5O. The molecule has 1 heterocycles. The second-order valence-electron chi connectivity index (χ2n) is 7.41. The van der Waals surface area contributed by atoms with Gasteiger partial charge in [0.15, 0.2) is 5.96 Å². The minimum atomic E-state index is 0. The van der Waals surface area contributed by atoms with Crippen molar-refractivity contribution < 1.29 is 4.74 Å². The number of guanidine groups is 1. The largest absolute Gasteiger partial charge is 0.385 e. The molecule has 1 aliphatic rings. The Labute approximate surface area is 195 Å². The van der Waals surface area contributed by atoms with E-state index in [1.165, 1.54) is 19.3 Å². The van der Waals surface area contributed by atoms with Gasteiger partial charge in [0.05, 0.1) is 18.4 Å². The monoisotopic (exact) mass is 531 g/mol. The van der Waals surface area contributed by atoms with Crippen molar-refractivity contribution in [2.75, 3.05) is 26.8 Å². The molecule has 0 amide bonds. The topological polar surface area (TPSA) is 63.5 Å². The molecule has 0 saturated heterocycles. The highest BCUT2D eigenvalue weighted by Crippen LogP contribution is 2.43. The second kappa shape index (κ2) is 11.8. The molecule has 1 aliphatic carbocycles. The number of aliphatic imine (C=N–C) groups is 1. The molecule has 29 heavy (non-hydrogen) atoms. The van der Waals surface area contributed by atoms with E-state index >= 15 is 0 Å². The summed E-state index contributed by atoms with van der Waals surface area (Å²) < 4.78 is 7.13. The van der Waals surface area contributed by atoms with E-state index < -0.39 is 0 Å². The average molecular weight is 532 g/mol. The third kappa shape index (κ3) is 6.86. The Kier molecular flexibility index (Phi) is 9.71. The molecule has 0 radical (unpaired) electrons. The lowest BCUT2D eigenvalue weighted by atomic mass is 9.67. The minimum Gasteiger partial charge on any atom is -0.385 e. The number of nitrogens with one attached hydrogen (secondary N) is 2. The predicted octanol–water partition coefficient (Wildman–Crippen LogP) is 4.41. The standard InChI is InChI=1S/C21H30ClN5O.HI/c1-3-23-20(25-16-21(9-4-10-21)11-12-28-2)24-13-17-14-26-27(15-17)19-7-5-18(22)6-8-19;/h5-8,14-15H,3-4,9-13,16H2,1-2H3,(H2,23,24,25);1H. The summed E-state index contributed by atoms with van der Waals surface area (Å²) in [7, 11) is 1.77. The van der Waals surface area contributed by atoms with E-state index in [0.717, 1.165) is 48.4 Å².